The van der Waals surface area contributed by atoms with E-state index in [1.54, 1.807) is 13.8 Å². The summed E-state index contributed by atoms with van der Waals surface area (Å²) in [5, 5.41) is 21.3. The molecule has 0 aliphatic carbocycles. The number of nitrogens with zero attached hydrogens (tertiary/aromatic N) is 2. The molecule has 1 aromatic carbocycles. The number of ether oxygens (including phenoxy) is 2. The molecule has 0 atom stereocenters. The number of aromatic amines is 1. The maximum absolute atomic E-state index is 12.5. The summed E-state index contributed by atoms with van der Waals surface area (Å²) in [6.07, 6.45) is 2.93. The molecule has 0 aliphatic heterocycles. The van der Waals surface area contributed by atoms with Gasteiger partial charge in [0.25, 0.3) is 5.56 Å². The number of rotatable bonds is 6. The van der Waals surface area contributed by atoms with E-state index >= 15 is 0 Å². The van der Waals surface area contributed by atoms with E-state index in [1.807, 2.05) is 0 Å². The lowest BCUT2D eigenvalue weighted by atomic mass is 10.1. The van der Waals surface area contributed by atoms with Crippen molar-refractivity contribution in [2.75, 3.05) is 13.7 Å². The summed E-state index contributed by atoms with van der Waals surface area (Å²) < 4.78 is 9.97. The number of carbonyl (C=O) groups excluding carboxylic acids is 1. The van der Waals surface area contributed by atoms with Crippen LogP contribution >= 0.6 is 11.3 Å². The molecule has 30 heavy (non-hydrogen) atoms. The monoisotopic (exact) mass is 431 g/mol. The van der Waals surface area contributed by atoms with Crippen molar-refractivity contribution >= 4 is 45.4 Å². The van der Waals surface area contributed by atoms with Crippen LogP contribution in [0.3, 0.4) is 0 Å². The van der Waals surface area contributed by atoms with Gasteiger partial charge in [-0.3, -0.25) is 14.9 Å². The lowest BCUT2D eigenvalue weighted by Crippen LogP contribution is -2.10. The molecular weight excluding hydrogens is 414 g/mol. The highest BCUT2D eigenvalue weighted by molar-refractivity contribution is 7.20. The number of aromatic nitrogens is 2. The number of nitro benzene ring substituents is 1. The molecule has 0 radical (unpaired) electrons. The number of H-pyrrole nitrogens is 1. The highest BCUT2D eigenvalue weighted by Crippen LogP contribution is 2.37. The van der Waals surface area contributed by atoms with E-state index < -0.39 is 27.9 Å². The van der Waals surface area contributed by atoms with E-state index in [-0.39, 0.29) is 18.2 Å². The number of nitro groups is 1. The number of carbonyl (C=O) groups is 1. The minimum absolute atomic E-state index is 0.0614. The first-order valence-corrected chi connectivity index (χ1v) is 9.52. The largest absolute Gasteiger partial charge is 0.500 e. The molecule has 10 nitrogen and oxygen atoms in total. The molecule has 2 aromatic heterocycles. The average Bonchev–Trinajstić information content (AvgIpc) is 3.04. The predicted octanol–water partition coefficient (Wildman–Crippen LogP) is 3.26. The summed E-state index contributed by atoms with van der Waals surface area (Å²) in [6.45, 7) is 3.56. The smallest absolute Gasteiger partial charge is 0.348 e. The van der Waals surface area contributed by atoms with Crippen molar-refractivity contribution in [3.8, 4) is 11.5 Å². The van der Waals surface area contributed by atoms with Gasteiger partial charge in [0, 0.05) is 6.07 Å². The van der Waals surface area contributed by atoms with Crippen molar-refractivity contribution in [1.29, 1.82) is 0 Å². The third-order valence-corrected chi connectivity index (χ3v) is 5.37. The second kappa shape index (κ2) is 8.33. The van der Waals surface area contributed by atoms with Gasteiger partial charge in [-0.25, -0.2) is 9.78 Å². The number of esters is 1. The lowest BCUT2D eigenvalue weighted by Gasteiger charge is -2.05. The first kappa shape index (κ1) is 21.0. The number of phenolic OH excluding ortho intramolecular Hbond substituents is 1. The molecule has 0 bridgehead atoms. The van der Waals surface area contributed by atoms with Crippen LogP contribution in [0.4, 0.5) is 5.69 Å². The average molecular weight is 431 g/mol. The van der Waals surface area contributed by atoms with E-state index in [1.165, 1.54) is 31.4 Å². The van der Waals surface area contributed by atoms with E-state index in [0.29, 0.717) is 26.2 Å². The first-order valence-electron chi connectivity index (χ1n) is 8.70. The van der Waals surface area contributed by atoms with Crippen LogP contribution in [-0.2, 0) is 4.74 Å². The molecule has 0 spiro atoms. The van der Waals surface area contributed by atoms with Crippen molar-refractivity contribution in [1.82, 2.24) is 9.97 Å². The standard InChI is InChI=1S/C19H17N3O7S/c1-4-29-19(25)16-9(2)14-17(24)20-13(21-18(14)30-16)6-5-10-7-11(22(26)27)15(23)12(8-10)28-3/h5-8,23H,4H2,1-3H3,(H,20,21,24). The zero-order chi connectivity index (χ0) is 22.0. The molecule has 2 heterocycles. The Hall–Kier alpha value is -3.73. The molecule has 2 N–H and O–H groups in total. The molecule has 0 unspecified atom stereocenters. The van der Waals surface area contributed by atoms with Gasteiger partial charge in [-0.2, -0.15) is 0 Å². The molecule has 11 heteroatoms. The van der Waals surface area contributed by atoms with Crippen molar-refractivity contribution < 1.29 is 24.3 Å². The van der Waals surface area contributed by atoms with E-state index in [0.717, 1.165) is 11.3 Å². The van der Waals surface area contributed by atoms with E-state index in [9.17, 15) is 24.8 Å². The van der Waals surface area contributed by atoms with Gasteiger partial charge < -0.3 is 19.6 Å². The molecule has 156 valence electrons. The normalized spacial score (nSPS) is 11.2. The van der Waals surface area contributed by atoms with Gasteiger partial charge in [0.2, 0.25) is 5.75 Å². The summed E-state index contributed by atoms with van der Waals surface area (Å²) >= 11 is 1.05. The Balaban J connectivity index is 2.03. The highest BCUT2D eigenvalue weighted by atomic mass is 32.1. The number of thiophene rings is 1. The Bertz CT molecular complexity index is 1240. The van der Waals surface area contributed by atoms with Crippen molar-refractivity contribution in [3.05, 3.63) is 54.4 Å². The van der Waals surface area contributed by atoms with Gasteiger partial charge in [-0.15, -0.1) is 11.3 Å². The van der Waals surface area contributed by atoms with Crippen LogP contribution in [0, 0.1) is 17.0 Å². The predicted molar refractivity (Wildman–Crippen MR) is 111 cm³/mol. The van der Waals surface area contributed by atoms with Crippen LogP contribution in [0.1, 0.15) is 33.5 Å². The number of nitrogens with one attached hydrogen (secondary N) is 1. The zero-order valence-corrected chi connectivity index (χ0v) is 17.0. The second-order valence-electron chi connectivity index (χ2n) is 6.09. The van der Waals surface area contributed by atoms with Gasteiger partial charge in [0.15, 0.2) is 5.75 Å². The quantitative estimate of drug-likeness (QED) is 0.344. The molecule has 3 rings (SSSR count). The van der Waals surface area contributed by atoms with Crippen LogP contribution in [0.15, 0.2) is 16.9 Å². The third-order valence-electron chi connectivity index (χ3n) is 4.21. The minimum atomic E-state index is -0.729. The fourth-order valence-electron chi connectivity index (χ4n) is 2.81. The Labute approximate surface area is 173 Å². The molecule has 0 saturated heterocycles. The molecule has 0 amide bonds. The Kier molecular flexibility index (Phi) is 5.83. The molecule has 0 saturated carbocycles. The number of aromatic hydroxyl groups is 1. The van der Waals surface area contributed by atoms with Crippen LogP contribution in [0.25, 0.3) is 22.4 Å². The Morgan fingerprint density at radius 3 is 2.77 bits per heavy atom. The first-order chi connectivity index (χ1) is 14.3. The van der Waals surface area contributed by atoms with E-state index in [2.05, 4.69) is 9.97 Å². The van der Waals surface area contributed by atoms with Gasteiger partial charge in [0.05, 0.1) is 24.0 Å². The fourth-order valence-corrected chi connectivity index (χ4v) is 3.89. The number of phenols is 1. The Morgan fingerprint density at radius 1 is 1.40 bits per heavy atom. The number of aryl methyl sites for hydroxylation is 1. The lowest BCUT2D eigenvalue weighted by molar-refractivity contribution is -0.386. The zero-order valence-electron chi connectivity index (χ0n) is 16.2. The van der Waals surface area contributed by atoms with E-state index in [4.69, 9.17) is 9.47 Å². The molecule has 3 aromatic rings. The summed E-state index contributed by atoms with van der Waals surface area (Å²) in [4.78, 5) is 42.6. The maximum atomic E-state index is 12.5. The van der Waals surface area contributed by atoms with Crippen molar-refractivity contribution in [2.24, 2.45) is 0 Å². The number of benzene rings is 1. The Morgan fingerprint density at radius 2 is 2.13 bits per heavy atom. The van der Waals surface area contributed by atoms with Gasteiger partial charge in [-0.05, 0) is 37.1 Å². The number of methoxy groups -OCH3 is 1. The minimum Gasteiger partial charge on any atom is -0.500 e. The van der Waals surface area contributed by atoms with Crippen LogP contribution < -0.4 is 10.3 Å². The van der Waals surface area contributed by atoms with Crippen molar-refractivity contribution in [2.45, 2.75) is 13.8 Å². The molecule has 0 fully saturated rings. The summed E-state index contributed by atoms with van der Waals surface area (Å²) in [7, 11) is 1.28. The second-order valence-corrected chi connectivity index (χ2v) is 7.09. The topological polar surface area (TPSA) is 145 Å². The van der Waals surface area contributed by atoms with Gasteiger partial charge >= 0.3 is 11.7 Å². The maximum Gasteiger partial charge on any atom is 0.348 e. The summed E-state index contributed by atoms with van der Waals surface area (Å²) in [6, 6.07) is 2.57. The number of hydrogen-bond acceptors (Lipinski definition) is 9. The van der Waals surface area contributed by atoms with Gasteiger partial charge in [0.1, 0.15) is 15.5 Å². The van der Waals surface area contributed by atoms with Gasteiger partial charge in [-0.1, -0.05) is 6.08 Å². The van der Waals surface area contributed by atoms with Crippen molar-refractivity contribution in [3.63, 3.8) is 0 Å². The molecule has 0 aliphatic rings. The third kappa shape index (κ3) is 3.87. The fraction of sp³-hybridized carbons (Fsp3) is 0.211. The van der Waals surface area contributed by atoms with Crippen LogP contribution in [-0.4, -0.2) is 39.7 Å². The highest BCUT2D eigenvalue weighted by Gasteiger charge is 2.21. The summed E-state index contributed by atoms with van der Waals surface area (Å²) in [5.41, 5.74) is -0.0811. The SMILES string of the molecule is CCOC(=O)c1sc2nc(C=Cc3cc(OC)c(O)c([N+](=O)[O-])c3)[nH]c(=O)c2c1C. The van der Waals surface area contributed by atoms with Crippen LogP contribution in [0.2, 0.25) is 0 Å². The summed E-state index contributed by atoms with van der Waals surface area (Å²) in [5.74, 6) is -0.960. The number of hydrogen-bond donors (Lipinski definition) is 2. The molecular formula is C19H17N3O7S. The van der Waals surface area contributed by atoms with Crippen LogP contribution in [0.5, 0.6) is 11.5 Å². The number of fused-ring (bicyclic) bond motifs is 1.